The maximum atomic E-state index is 13.2. The minimum atomic E-state index is -0.304. The summed E-state index contributed by atoms with van der Waals surface area (Å²) in [5, 5.41) is 5.46. The first kappa shape index (κ1) is 16.2. The summed E-state index contributed by atoms with van der Waals surface area (Å²) in [6, 6.07) is 4.42. The van der Waals surface area contributed by atoms with Crippen LogP contribution in [0.5, 0.6) is 0 Å². The predicted octanol–water partition coefficient (Wildman–Crippen LogP) is 2.98. The largest absolute Gasteiger partial charge is 0.371 e. The van der Waals surface area contributed by atoms with E-state index in [1.807, 2.05) is 0 Å². The fourth-order valence-electron chi connectivity index (χ4n) is 2.85. The van der Waals surface area contributed by atoms with Crippen molar-refractivity contribution in [2.75, 3.05) is 13.2 Å². The number of ether oxygens (including phenoxy) is 1. The van der Waals surface area contributed by atoms with Gasteiger partial charge in [-0.05, 0) is 31.0 Å². The van der Waals surface area contributed by atoms with Crippen LogP contribution in [0.15, 0.2) is 23.6 Å². The van der Waals surface area contributed by atoms with Crippen LogP contribution in [0.3, 0.4) is 0 Å². The van der Waals surface area contributed by atoms with Crippen molar-refractivity contribution in [3.63, 3.8) is 0 Å². The van der Waals surface area contributed by atoms with Crippen molar-refractivity contribution in [2.45, 2.75) is 25.4 Å². The summed E-state index contributed by atoms with van der Waals surface area (Å²) < 4.78 is 18.8. The molecule has 1 amide bonds. The number of carbonyl (C=O) groups excluding carboxylic acids is 1. The Hall–Kier alpha value is -2.32. The van der Waals surface area contributed by atoms with E-state index in [2.05, 4.69) is 20.3 Å². The Bertz CT molecular complexity index is 901. The number of nitrogens with one attached hydrogen (secondary N) is 2. The summed E-state index contributed by atoms with van der Waals surface area (Å²) in [5.41, 5.74) is 1.78. The molecule has 1 saturated heterocycles. The number of H-pyrrole nitrogens is 1. The first-order valence-electron chi connectivity index (χ1n) is 8.18. The van der Waals surface area contributed by atoms with Crippen molar-refractivity contribution in [1.82, 2.24) is 20.3 Å². The minimum Gasteiger partial charge on any atom is -0.371 e. The van der Waals surface area contributed by atoms with Gasteiger partial charge in [0.05, 0.1) is 11.0 Å². The SMILES string of the molecule is O=C(NCCc1nc2ccc(F)cc2[nH]1)c1csc(C2CCCO2)n1. The van der Waals surface area contributed by atoms with E-state index < -0.39 is 0 Å². The van der Waals surface area contributed by atoms with Gasteiger partial charge >= 0.3 is 0 Å². The molecule has 6 nitrogen and oxygen atoms in total. The third-order valence-electron chi connectivity index (χ3n) is 4.10. The van der Waals surface area contributed by atoms with E-state index in [0.29, 0.717) is 35.5 Å². The molecule has 0 bridgehead atoms. The van der Waals surface area contributed by atoms with Gasteiger partial charge in [-0.1, -0.05) is 0 Å². The summed E-state index contributed by atoms with van der Waals surface area (Å²) in [4.78, 5) is 24.0. The van der Waals surface area contributed by atoms with E-state index in [0.717, 1.165) is 24.5 Å². The molecular weight excluding hydrogens is 343 g/mol. The average molecular weight is 360 g/mol. The summed E-state index contributed by atoms with van der Waals surface area (Å²) in [5.74, 6) is 0.198. The fourth-order valence-corrected chi connectivity index (χ4v) is 3.73. The van der Waals surface area contributed by atoms with Crippen LogP contribution in [-0.4, -0.2) is 34.0 Å². The summed E-state index contributed by atoms with van der Waals surface area (Å²) >= 11 is 1.46. The van der Waals surface area contributed by atoms with Crippen LogP contribution in [0.1, 0.15) is 40.3 Å². The van der Waals surface area contributed by atoms with Crippen molar-refractivity contribution in [1.29, 1.82) is 0 Å². The second-order valence-electron chi connectivity index (χ2n) is 5.92. The molecule has 130 valence electrons. The Morgan fingerprint density at radius 1 is 1.44 bits per heavy atom. The van der Waals surface area contributed by atoms with Crippen molar-refractivity contribution in [3.05, 3.63) is 45.9 Å². The Balaban J connectivity index is 1.33. The van der Waals surface area contributed by atoms with Crippen LogP contribution >= 0.6 is 11.3 Å². The van der Waals surface area contributed by atoms with Crippen LogP contribution in [0.2, 0.25) is 0 Å². The van der Waals surface area contributed by atoms with Crippen LogP contribution in [0, 0.1) is 5.82 Å². The molecule has 3 aromatic rings. The predicted molar refractivity (Wildman–Crippen MR) is 92.1 cm³/mol. The second-order valence-corrected chi connectivity index (χ2v) is 6.81. The zero-order chi connectivity index (χ0) is 17.2. The van der Waals surface area contributed by atoms with Crippen molar-refractivity contribution in [3.8, 4) is 0 Å². The van der Waals surface area contributed by atoms with Crippen LogP contribution < -0.4 is 5.32 Å². The van der Waals surface area contributed by atoms with Gasteiger partial charge in [0.2, 0.25) is 0 Å². The molecule has 0 radical (unpaired) electrons. The van der Waals surface area contributed by atoms with Crippen LogP contribution in [0.25, 0.3) is 11.0 Å². The van der Waals surface area contributed by atoms with Crippen molar-refractivity contribution < 1.29 is 13.9 Å². The number of aromatic amines is 1. The molecule has 1 atom stereocenters. The van der Waals surface area contributed by atoms with E-state index in [1.165, 1.54) is 23.5 Å². The van der Waals surface area contributed by atoms with Gasteiger partial charge in [0.1, 0.15) is 28.4 Å². The van der Waals surface area contributed by atoms with E-state index in [-0.39, 0.29) is 17.8 Å². The van der Waals surface area contributed by atoms with Crippen LogP contribution in [0.4, 0.5) is 4.39 Å². The lowest BCUT2D eigenvalue weighted by Crippen LogP contribution is -2.26. The van der Waals surface area contributed by atoms with Gasteiger partial charge in [-0.2, -0.15) is 0 Å². The minimum absolute atomic E-state index is 0.0301. The Morgan fingerprint density at radius 3 is 3.20 bits per heavy atom. The van der Waals surface area contributed by atoms with Gasteiger partial charge in [-0.15, -0.1) is 11.3 Å². The lowest BCUT2D eigenvalue weighted by molar-refractivity contribution is 0.0946. The number of carbonyl (C=O) groups is 1. The first-order valence-corrected chi connectivity index (χ1v) is 9.06. The molecule has 1 aliphatic heterocycles. The molecule has 1 unspecified atom stereocenters. The highest BCUT2D eigenvalue weighted by Gasteiger charge is 2.22. The maximum Gasteiger partial charge on any atom is 0.270 e. The first-order chi connectivity index (χ1) is 12.2. The lowest BCUT2D eigenvalue weighted by Gasteiger charge is -2.04. The number of fused-ring (bicyclic) bond motifs is 1. The number of rotatable bonds is 5. The maximum absolute atomic E-state index is 13.2. The van der Waals surface area contributed by atoms with Crippen molar-refractivity contribution >= 4 is 28.3 Å². The summed E-state index contributed by atoms with van der Waals surface area (Å²) in [6.45, 7) is 1.18. The number of halogens is 1. The van der Waals surface area contributed by atoms with Crippen molar-refractivity contribution in [2.24, 2.45) is 0 Å². The molecule has 3 heterocycles. The zero-order valence-electron chi connectivity index (χ0n) is 13.4. The molecule has 0 aliphatic carbocycles. The Labute approximate surface area is 147 Å². The van der Waals surface area contributed by atoms with Gasteiger partial charge in [0, 0.05) is 25.0 Å². The molecule has 0 spiro atoms. The van der Waals surface area contributed by atoms with E-state index in [1.54, 1.807) is 11.4 Å². The number of aromatic nitrogens is 3. The zero-order valence-corrected chi connectivity index (χ0v) is 14.2. The third-order valence-corrected chi connectivity index (χ3v) is 5.04. The summed E-state index contributed by atoms with van der Waals surface area (Å²) in [7, 11) is 0. The van der Waals surface area contributed by atoms with E-state index in [9.17, 15) is 9.18 Å². The number of benzene rings is 1. The normalized spacial score (nSPS) is 17.2. The molecule has 0 saturated carbocycles. The number of thiazole rings is 1. The Morgan fingerprint density at radius 2 is 2.36 bits per heavy atom. The summed E-state index contributed by atoms with van der Waals surface area (Å²) in [6.07, 6.45) is 2.56. The lowest BCUT2D eigenvalue weighted by atomic mass is 10.2. The van der Waals surface area contributed by atoms with Gasteiger partial charge in [0.25, 0.3) is 5.91 Å². The highest BCUT2D eigenvalue weighted by Crippen LogP contribution is 2.30. The molecular formula is C17H17FN4O2S. The number of hydrogen-bond acceptors (Lipinski definition) is 5. The number of amides is 1. The third kappa shape index (κ3) is 3.54. The van der Waals surface area contributed by atoms with E-state index in [4.69, 9.17) is 4.74 Å². The topological polar surface area (TPSA) is 79.9 Å². The average Bonchev–Trinajstić information content (AvgIpc) is 3.33. The molecule has 8 heteroatoms. The molecule has 2 N–H and O–H groups in total. The standard InChI is InChI=1S/C17H17FN4O2S/c18-10-3-4-11-12(8-10)21-15(20-11)5-6-19-16(23)13-9-25-17(22-13)14-2-1-7-24-14/h3-4,8-9,14H,1-2,5-7H2,(H,19,23)(H,20,21). The number of nitrogens with zero attached hydrogens (tertiary/aromatic N) is 2. The quantitative estimate of drug-likeness (QED) is 0.733. The number of imidazole rings is 1. The molecule has 1 fully saturated rings. The molecule has 1 aromatic carbocycles. The fraction of sp³-hybridized carbons (Fsp3) is 0.353. The number of hydrogen-bond donors (Lipinski definition) is 2. The Kier molecular flexibility index (Phi) is 4.46. The molecule has 25 heavy (non-hydrogen) atoms. The van der Waals surface area contributed by atoms with E-state index >= 15 is 0 Å². The van der Waals surface area contributed by atoms with Gasteiger partial charge in [-0.25, -0.2) is 14.4 Å². The van der Waals surface area contributed by atoms with Crippen LogP contribution in [-0.2, 0) is 11.2 Å². The van der Waals surface area contributed by atoms with Gasteiger partial charge in [-0.3, -0.25) is 4.79 Å². The molecule has 2 aromatic heterocycles. The molecule has 1 aliphatic rings. The second kappa shape index (κ2) is 6.89. The molecule has 4 rings (SSSR count). The van der Waals surface area contributed by atoms with Gasteiger partial charge in [0.15, 0.2) is 0 Å². The monoisotopic (exact) mass is 360 g/mol. The van der Waals surface area contributed by atoms with Gasteiger partial charge < -0.3 is 15.0 Å². The smallest absolute Gasteiger partial charge is 0.270 e. The highest BCUT2D eigenvalue weighted by molar-refractivity contribution is 7.09. The highest BCUT2D eigenvalue weighted by atomic mass is 32.1.